The molecule has 0 bridgehead atoms. The normalized spacial score (nSPS) is 10.6. The van der Waals surface area contributed by atoms with Crippen LogP contribution in [0.2, 0.25) is 0 Å². The molecule has 0 saturated heterocycles. The molecule has 0 N–H and O–H groups in total. The lowest BCUT2D eigenvalue weighted by molar-refractivity contribution is 0.415. The van der Waals surface area contributed by atoms with Crippen molar-refractivity contribution in [1.29, 1.82) is 0 Å². The zero-order valence-electron chi connectivity index (χ0n) is 13.5. The number of hydrogen-bond donors (Lipinski definition) is 0. The first-order chi connectivity index (χ1) is 12.3. The number of aromatic nitrogens is 3. The van der Waals surface area contributed by atoms with Crippen LogP contribution in [-0.4, -0.2) is 21.5 Å². The van der Waals surface area contributed by atoms with E-state index in [-0.39, 0.29) is 0 Å². The fourth-order valence-corrected chi connectivity index (χ4v) is 2.85. The van der Waals surface area contributed by atoms with Crippen molar-refractivity contribution in [2.75, 3.05) is 7.11 Å². The van der Waals surface area contributed by atoms with Gasteiger partial charge in [0.15, 0.2) is 0 Å². The average Bonchev–Trinajstić information content (AvgIpc) is 3.10. The van der Waals surface area contributed by atoms with Crippen molar-refractivity contribution in [3.63, 3.8) is 0 Å². The van der Waals surface area contributed by atoms with Gasteiger partial charge in [-0.3, -0.25) is 4.98 Å². The second kappa shape index (κ2) is 6.10. The van der Waals surface area contributed by atoms with Crippen molar-refractivity contribution >= 4 is 11.5 Å². The molecule has 0 aliphatic rings. The maximum atomic E-state index is 7.28. The molecule has 0 aliphatic carbocycles. The summed E-state index contributed by atoms with van der Waals surface area (Å²) in [6.07, 6.45) is 5.29. The van der Waals surface area contributed by atoms with Gasteiger partial charge in [0, 0.05) is 29.0 Å². The first kappa shape index (κ1) is 14.9. The lowest BCUT2D eigenvalue weighted by Gasteiger charge is -2.10. The fourth-order valence-electron chi connectivity index (χ4n) is 2.85. The molecule has 25 heavy (non-hydrogen) atoms. The summed E-state index contributed by atoms with van der Waals surface area (Å²) < 4.78 is 7.12. The number of pyridine rings is 2. The van der Waals surface area contributed by atoms with Crippen LogP contribution in [0.15, 0.2) is 67.1 Å². The van der Waals surface area contributed by atoms with Gasteiger partial charge in [-0.05, 0) is 24.3 Å². The molecule has 0 saturated carbocycles. The van der Waals surface area contributed by atoms with Gasteiger partial charge in [0.1, 0.15) is 5.75 Å². The first-order valence-corrected chi connectivity index (χ1v) is 7.74. The van der Waals surface area contributed by atoms with Crippen molar-refractivity contribution in [2.24, 2.45) is 0 Å². The third-order valence-corrected chi connectivity index (χ3v) is 4.06. The van der Waals surface area contributed by atoms with Crippen molar-refractivity contribution in [2.45, 2.75) is 0 Å². The van der Waals surface area contributed by atoms with E-state index in [9.17, 15) is 0 Å². The first-order valence-electron chi connectivity index (χ1n) is 7.74. The molecule has 0 aliphatic heterocycles. The van der Waals surface area contributed by atoms with Crippen molar-refractivity contribution in [1.82, 2.24) is 14.4 Å². The Hall–Kier alpha value is -3.65. The van der Waals surface area contributed by atoms with Crippen molar-refractivity contribution in [3.05, 3.63) is 78.5 Å². The molecule has 5 heteroatoms. The number of imidazole rings is 1. The maximum absolute atomic E-state index is 7.28. The van der Waals surface area contributed by atoms with E-state index >= 15 is 0 Å². The predicted octanol–water partition coefficient (Wildman–Crippen LogP) is 4.62. The van der Waals surface area contributed by atoms with Crippen LogP contribution in [-0.2, 0) is 0 Å². The summed E-state index contributed by atoms with van der Waals surface area (Å²) in [6.45, 7) is 7.28. The third-order valence-electron chi connectivity index (χ3n) is 4.06. The zero-order valence-corrected chi connectivity index (χ0v) is 13.5. The van der Waals surface area contributed by atoms with Gasteiger partial charge in [-0.15, -0.1) is 0 Å². The van der Waals surface area contributed by atoms with Crippen LogP contribution >= 0.6 is 0 Å². The molecule has 3 aromatic heterocycles. The molecule has 0 radical (unpaired) electrons. The number of fused-ring (bicyclic) bond motifs is 1. The van der Waals surface area contributed by atoms with Gasteiger partial charge in [0.25, 0.3) is 5.82 Å². The minimum atomic E-state index is 0.490. The number of rotatable bonds is 3. The Kier molecular flexibility index (Phi) is 3.64. The Morgan fingerprint density at radius 1 is 1.04 bits per heavy atom. The minimum absolute atomic E-state index is 0.490. The second-order valence-corrected chi connectivity index (χ2v) is 5.51. The standard InChI is InChI=1S/C20H14N4O/c1-21-19-12-23-18-9-8-15(13-24(18)19)17-7-4-10-22-20(17)14-5-3-6-16(11-14)25-2/h3-13H,2H3. The summed E-state index contributed by atoms with van der Waals surface area (Å²) in [6, 6.07) is 15.7. The summed E-state index contributed by atoms with van der Waals surface area (Å²) in [4.78, 5) is 12.3. The third kappa shape index (κ3) is 2.60. The molecule has 5 nitrogen and oxygen atoms in total. The van der Waals surface area contributed by atoms with Gasteiger partial charge in [-0.25, -0.2) is 9.38 Å². The molecular weight excluding hydrogens is 312 g/mol. The predicted molar refractivity (Wildman–Crippen MR) is 96.7 cm³/mol. The lowest BCUT2D eigenvalue weighted by atomic mass is 10.0. The highest BCUT2D eigenvalue weighted by Crippen LogP contribution is 2.32. The summed E-state index contributed by atoms with van der Waals surface area (Å²) in [5.41, 5.74) is 4.56. The molecule has 0 atom stereocenters. The summed E-state index contributed by atoms with van der Waals surface area (Å²) in [5, 5.41) is 0. The summed E-state index contributed by atoms with van der Waals surface area (Å²) in [7, 11) is 1.65. The van der Waals surface area contributed by atoms with E-state index in [1.165, 1.54) is 0 Å². The van der Waals surface area contributed by atoms with Gasteiger partial charge < -0.3 is 9.58 Å². The molecule has 0 unspecified atom stereocenters. The van der Waals surface area contributed by atoms with Gasteiger partial charge in [0.05, 0.1) is 25.2 Å². The van der Waals surface area contributed by atoms with Crippen LogP contribution in [0.25, 0.3) is 32.9 Å². The maximum Gasteiger partial charge on any atom is 0.254 e. The lowest BCUT2D eigenvalue weighted by Crippen LogP contribution is -1.92. The zero-order chi connectivity index (χ0) is 17.2. The minimum Gasteiger partial charge on any atom is -0.497 e. The Labute approximate surface area is 145 Å². The largest absolute Gasteiger partial charge is 0.497 e. The van der Waals surface area contributed by atoms with E-state index in [1.807, 2.05) is 54.7 Å². The van der Waals surface area contributed by atoms with Crippen LogP contribution in [0.5, 0.6) is 5.75 Å². The Balaban J connectivity index is 1.90. The van der Waals surface area contributed by atoms with E-state index in [2.05, 4.69) is 14.8 Å². The molecule has 4 rings (SSSR count). The van der Waals surface area contributed by atoms with E-state index in [4.69, 9.17) is 11.3 Å². The molecule has 120 valence electrons. The SMILES string of the molecule is [C-]#[N+]c1cnc2ccc(-c3cccnc3-c3cccc(OC)c3)cn12. The molecule has 4 aromatic rings. The smallest absolute Gasteiger partial charge is 0.254 e. The van der Waals surface area contributed by atoms with Gasteiger partial charge in [-0.1, -0.05) is 24.8 Å². The number of ether oxygens (including phenoxy) is 1. The number of benzene rings is 1. The average molecular weight is 326 g/mol. The molecule has 3 heterocycles. The van der Waals surface area contributed by atoms with E-state index < -0.39 is 0 Å². The topological polar surface area (TPSA) is 43.8 Å². The van der Waals surface area contributed by atoms with Gasteiger partial charge in [-0.2, -0.15) is 0 Å². The van der Waals surface area contributed by atoms with Gasteiger partial charge >= 0.3 is 0 Å². The van der Waals surface area contributed by atoms with Crippen LogP contribution in [0.1, 0.15) is 0 Å². The fraction of sp³-hybridized carbons (Fsp3) is 0.0500. The van der Waals surface area contributed by atoms with Crippen LogP contribution in [0, 0.1) is 6.57 Å². The van der Waals surface area contributed by atoms with Crippen LogP contribution in [0.4, 0.5) is 5.82 Å². The van der Waals surface area contributed by atoms with Crippen molar-refractivity contribution in [3.8, 4) is 28.1 Å². The molecule has 0 spiro atoms. The molecular formula is C20H14N4O. The Morgan fingerprint density at radius 2 is 1.96 bits per heavy atom. The highest BCUT2D eigenvalue weighted by atomic mass is 16.5. The number of hydrogen-bond acceptors (Lipinski definition) is 3. The quantitative estimate of drug-likeness (QED) is 0.516. The molecule has 0 amide bonds. The highest BCUT2D eigenvalue weighted by Gasteiger charge is 2.12. The van der Waals surface area contributed by atoms with Crippen molar-refractivity contribution < 1.29 is 4.74 Å². The van der Waals surface area contributed by atoms with Crippen LogP contribution < -0.4 is 4.74 Å². The van der Waals surface area contributed by atoms with E-state index in [0.717, 1.165) is 33.8 Å². The summed E-state index contributed by atoms with van der Waals surface area (Å²) >= 11 is 0. The highest BCUT2D eigenvalue weighted by molar-refractivity contribution is 5.81. The van der Waals surface area contributed by atoms with E-state index in [0.29, 0.717) is 5.82 Å². The van der Waals surface area contributed by atoms with Crippen LogP contribution in [0.3, 0.4) is 0 Å². The number of methoxy groups -OCH3 is 1. The molecule has 0 fully saturated rings. The molecule has 1 aromatic carbocycles. The Bertz CT molecular complexity index is 1110. The Morgan fingerprint density at radius 3 is 2.80 bits per heavy atom. The monoisotopic (exact) mass is 326 g/mol. The van der Waals surface area contributed by atoms with E-state index in [1.54, 1.807) is 23.9 Å². The second-order valence-electron chi connectivity index (χ2n) is 5.51. The number of nitrogens with zero attached hydrogens (tertiary/aromatic N) is 4. The summed E-state index contributed by atoms with van der Waals surface area (Å²) in [5.74, 6) is 1.28. The van der Waals surface area contributed by atoms with Gasteiger partial charge in [0.2, 0.25) is 5.65 Å².